The van der Waals surface area contributed by atoms with E-state index < -0.39 is 5.41 Å². The van der Waals surface area contributed by atoms with Crippen LogP contribution in [-0.2, 0) is 5.41 Å². The third kappa shape index (κ3) is 4.95. The van der Waals surface area contributed by atoms with Gasteiger partial charge in [0.2, 0.25) is 0 Å². The molecule has 0 aromatic heterocycles. The van der Waals surface area contributed by atoms with Gasteiger partial charge in [-0.15, -0.1) is 0 Å². The van der Waals surface area contributed by atoms with Crippen LogP contribution in [0.3, 0.4) is 0 Å². The van der Waals surface area contributed by atoms with E-state index in [1.807, 2.05) is 0 Å². The molecule has 0 fully saturated rings. The molecule has 0 aliphatic heterocycles. The van der Waals surface area contributed by atoms with Crippen LogP contribution in [0, 0.1) is 0 Å². The zero-order valence-corrected chi connectivity index (χ0v) is 27.2. The first kappa shape index (κ1) is 28.6. The number of rotatable bonds is 12. The fourth-order valence-electron chi connectivity index (χ4n) is 6.78. The first-order valence-electron chi connectivity index (χ1n) is 15.2. The average Bonchev–Trinajstić information content (AvgIpc) is 3.43. The summed E-state index contributed by atoms with van der Waals surface area (Å²) < 4.78 is 14.8. The molecule has 2 aliphatic rings. The van der Waals surface area contributed by atoms with Gasteiger partial charge in [-0.1, -0.05) is 101 Å². The Morgan fingerprint density at radius 2 is 0.951 bits per heavy atom. The van der Waals surface area contributed by atoms with E-state index in [1.165, 1.54) is 83.0 Å². The van der Waals surface area contributed by atoms with Gasteiger partial charge in [0.25, 0.3) is 0 Å². The van der Waals surface area contributed by atoms with Gasteiger partial charge in [-0.05, 0) is 113 Å². The SMILES string of the molecule is CCCCCCOc1cc2c(cc1Br)C1(c3ccccc3-c3ccccc31)c1cc(Br)c(OCCCCCC)cc1-2. The Bertz CT molecular complexity index is 1440. The molecule has 0 amide bonds. The lowest BCUT2D eigenvalue weighted by Crippen LogP contribution is -2.26. The third-order valence-electron chi connectivity index (χ3n) is 8.71. The number of halogens is 2. The Morgan fingerprint density at radius 1 is 0.512 bits per heavy atom. The van der Waals surface area contributed by atoms with Crippen LogP contribution in [0.25, 0.3) is 22.3 Å². The fourth-order valence-corrected chi connectivity index (χ4v) is 7.69. The van der Waals surface area contributed by atoms with Crippen molar-refractivity contribution in [1.82, 2.24) is 0 Å². The van der Waals surface area contributed by atoms with Crippen molar-refractivity contribution in [3.63, 3.8) is 0 Å². The summed E-state index contributed by atoms with van der Waals surface area (Å²) in [5.41, 5.74) is 9.92. The molecule has 212 valence electrons. The van der Waals surface area contributed by atoms with E-state index in [0.29, 0.717) is 0 Å². The Balaban J connectivity index is 1.50. The smallest absolute Gasteiger partial charge is 0.134 e. The molecule has 41 heavy (non-hydrogen) atoms. The quantitative estimate of drug-likeness (QED) is 0.120. The summed E-state index contributed by atoms with van der Waals surface area (Å²) in [6.45, 7) is 5.94. The van der Waals surface area contributed by atoms with Gasteiger partial charge in [-0.25, -0.2) is 0 Å². The largest absolute Gasteiger partial charge is 0.492 e. The van der Waals surface area contributed by atoms with E-state index in [4.69, 9.17) is 9.47 Å². The number of fused-ring (bicyclic) bond motifs is 10. The van der Waals surface area contributed by atoms with Crippen LogP contribution in [-0.4, -0.2) is 13.2 Å². The highest BCUT2D eigenvalue weighted by atomic mass is 79.9. The van der Waals surface area contributed by atoms with Crippen molar-refractivity contribution in [1.29, 1.82) is 0 Å². The van der Waals surface area contributed by atoms with Crippen LogP contribution >= 0.6 is 31.9 Å². The van der Waals surface area contributed by atoms with Crippen molar-refractivity contribution in [3.8, 4) is 33.8 Å². The van der Waals surface area contributed by atoms with Gasteiger partial charge >= 0.3 is 0 Å². The number of ether oxygens (including phenoxy) is 2. The lowest BCUT2D eigenvalue weighted by molar-refractivity contribution is 0.303. The molecule has 0 bridgehead atoms. The van der Waals surface area contributed by atoms with Crippen LogP contribution in [0.4, 0.5) is 0 Å². The van der Waals surface area contributed by atoms with E-state index in [2.05, 4.69) is 119 Å². The first-order chi connectivity index (χ1) is 20.1. The van der Waals surface area contributed by atoms with Crippen LogP contribution < -0.4 is 9.47 Å². The molecule has 6 rings (SSSR count). The first-order valence-corrected chi connectivity index (χ1v) is 16.8. The summed E-state index contributed by atoms with van der Waals surface area (Å²) in [6.07, 6.45) is 9.49. The number of hydrogen-bond acceptors (Lipinski definition) is 2. The highest BCUT2D eigenvalue weighted by molar-refractivity contribution is 9.11. The second kappa shape index (κ2) is 12.4. The van der Waals surface area contributed by atoms with Crippen LogP contribution in [0.2, 0.25) is 0 Å². The van der Waals surface area contributed by atoms with Gasteiger partial charge < -0.3 is 9.47 Å². The zero-order valence-electron chi connectivity index (χ0n) is 24.1. The molecule has 0 unspecified atom stereocenters. The minimum absolute atomic E-state index is 0.401. The second-order valence-corrected chi connectivity index (χ2v) is 13.0. The Morgan fingerprint density at radius 3 is 1.39 bits per heavy atom. The molecule has 4 heteroatoms. The predicted octanol–water partition coefficient (Wildman–Crippen LogP) is 11.5. The van der Waals surface area contributed by atoms with Gasteiger partial charge in [0, 0.05) is 0 Å². The number of benzene rings is 4. The lowest BCUT2D eigenvalue weighted by Gasteiger charge is -2.31. The van der Waals surface area contributed by atoms with E-state index in [0.717, 1.165) is 46.5 Å². The standard InChI is InChI=1S/C37H38Br2O2/c1-3-5-7-13-19-40-35-21-27-28-22-36(41-20-14-8-6-4-2)34(39)24-32(28)37(31(27)23-33(35)38)29-17-11-9-15-25(29)26-16-10-12-18-30(26)37/h9-12,15-18,21-24H,3-8,13-14,19-20H2,1-2H3. The van der Waals surface area contributed by atoms with Crippen LogP contribution in [0.5, 0.6) is 11.5 Å². The van der Waals surface area contributed by atoms with Gasteiger partial charge in [0.05, 0.1) is 27.6 Å². The summed E-state index contributed by atoms with van der Waals surface area (Å²) >= 11 is 7.83. The molecule has 0 atom stereocenters. The molecule has 4 aromatic rings. The molecule has 1 spiro atoms. The fraction of sp³-hybridized carbons (Fsp3) is 0.351. The van der Waals surface area contributed by atoms with Crippen LogP contribution in [0.1, 0.15) is 87.5 Å². The predicted molar refractivity (Wildman–Crippen MR) is 177 cm³/mol. The minimum atomic E-state index is -0.401. The summed E-state index contributed by atoms with van der Waals surface area (Å²) in [7, 11) is 0. The molecular formula is C37H38Br2O2. The topological polar surface area (TPSA) is 18.5 Å². The molecule has 4 aromatic carbocycles. The molecule has 0 N–H and O–H groups in total. The lowest BCUT2D eigenvalue weighted by atomic mass is 9.70. The molecule has 2 nitrogen and oxygen atoms in total. The van der Waals surface area contributed by atoms with Crippen molar-refractivity contribution < 1.29 is 9.47 Å². The maximum absolute atomic E-state index is 6.38. The molecule has 2 aliphatic carbocycles. The molecule has 0 heterocycles. The molecule has 0 radical (unpaired) electrons. The van der Waals surface area contributed by atoms with E-state index in [-0.39, 0.29) is 0 Å². The van der Waals surface area contributed by atoms with Crippen molar-refractivity contribution in [2.75, 3.05) is 13.2 Å². The molecule has 0 saturated heterocycles. The van der Waals surface area contributed by atoms with Gasteiger partial charge in [0.1, 0.15) is 11.5 Å². The maximum Gasteiger partial charge on any atom is 0.134 e. The van der Waals surface area contributed by atoms with Gasteiger partial charge in [-0.3, -0.25) is 0 Å². The molecular weight excluding hydrogens is 636 g/mol. The zero-order chi connectivity index (χ0) is 28.4. The van der Waals surface area contributed by atoms with E-state index in [9.17, 15) is 0 Å². The number of unbranched alkanes of at least 4 members (excludes halogenated alkanes) is 6. The minimum Gasteiger partial charge on any atom is -0.492 e. The average molecular weight is 675 g/mol. The van der Waals surface area contributed by atoms with E-state index in [1.54, 1.807) is 0 Å². The normalized spacial score (nSPS) is 13.6. The Labute approximate surface area is 261 Å². The van der Waals surface area contributed by atoms with Gasteiger partial charge in [-0.2, -0.15) is 0 Å². The van der Waals surface area contributed by atoms with E-state index >= 15 is 0 Å². The summed E-state index contributed by atoms with van der Waals surface area (Å²) in [5, 5.41) is 0. The Hall–Kier alpha value is -2.56. The van der Waals surface area contributed by atoms with Crippen molar-refractivity contribution in [2.45, 2.75) is 70.6 Å². The monoisotopic (exact) mass is 672 g/mol. The maximum atomic E-state index is 6.38. The van der Waals surface area contributed by atoms with Crippen molar-refractivity contribution in [2.24, 2.45) is 0 Å². The second-order valence-electron chi connectivity index (χ2n) is 11.3. The Kier molecular flexibility index (Phi) is 8.60. The summed E-state index contributed by atoms with van der Waals surface area (Å²) in [4.78, 5) is 0. The summed E-state index contributed by atoms with van der Waals surface area (Å²) in [5.74, 6) is 1.82. The highest BCUT2D eigenvalue weighted by Gasteiger charge is 2.52. The van der Waals surface area contributed by atoms with Gasteiger partial charge in [0.15, 0.2) is 0 Å². The third-order valence-corrected chi connectivity index (χ3v) is 9.94. The van der Waals surface area contributed by atoms with Crippen molar-refractivity contribution in [3.05, 3.63) is 104 Å². The van der Waals surface area contributed by atoms with Crippen molar-refractivity contribution >= 4 is 31.9 Å². The van der Waals surface area contributed by atoms with Crippen LogP contribution in [0.15, 0.2) is 81.7 Å². The number of hydrogen-bond donors (Lipinski definition) is 0. The summed E-state index contributed by atoms with van der Waals surface area (Å²) in [6, 6.07) is 27.0. The molecule has 0 saturated carbocycles. The highest BCUT2D eigenvalue weighted by Crippen LogP contribution is 2.64.